The summed E-state index contributed by atoms with van der Waals surface area (Å²) in [4.78, 5) is 11.3. The van der Waals surface area contributed by atoms with E-state index in [2.05, 4.69) is 33.8 Å². The van der Waals surface area contributed by atoms with Gasteiger partial charge in [-0.3, -0.25) is 4.99 Å². The Hall–Kier alpha value is -1.09. The second-order valence-corrected chi connectivity index (χ2v) is 7.02. The van der Waals surface area contributed by atoms with Crippen LogP contribution in [-0.4, -0.2) is 68.6 Å². The van der Waals surface area contributed by atoms with E-state index < -0.39 is 0 Å². The van der Waals surface area contributed by atoms with Crippen molar-refractivity contribution < 1.29 is 4.39 Å². The summed E-state index contributed by atoms with van der Waals surface area (Å²) in [5.74, 6) is 1.24. The molecule has 2 fully saturated rings. The van der Waals surface area contributed by atoms with Crippen molar-refractivity contribution in [3.05, 3.63) is 30.1 Å². The number of hydrogen-bond donors (Lipinski definition) is 1. The minimum Gasteiger partial charge on any atom is -0.370 e. The van der Waals surface area contributed by atoms with Gasteiger partial charge in [0.1, 0.15) is 5.82 Å². The number of piperazine rings is 1. The maximum atomic E-state index is 13.0. The molecule has 1 unspecified atom stereocenters. The fourth-order valence-corrected chi connectivity index (χ4v) is 3.35. The van der Waals surface area contributed by atoms with Gasteiger partial charge in [-0.25, -0.2) is 4.39 Å². The third-order valence-corrected chi connectivity index (χ3v) is 5.07. The standard InChI is InChI=1S/C18H28FN5.HI/c1-22(2)17(14-3-4-14)13-21-18(20)24-11-9-23(10-12-24)16-7-5-15(19)6-8-16;/h5-8,14,17H,3-4,9-13H2,1-2H3,(H2,20,21);1H. The van der Waals surface area contributed by atoms with Crippen molar-refractivity contribution in [1.82, 2.24) is 9.80 Å². The van der Waals surface area contributed by atoms with E-state index in [1.807, 2.05) is 12.1 Å². The predicted octanol–water partition coefficient (Wildman–Crippen LogP) is 2.22. The summed E-state index contributed by atoms with van der Waals surface area (Å²) in [7, 11) is 4.24. The maximum absolute atomic E-state index is 13.0. The Morgan fingerprint density at radius 1 is 1.20 bits per heavy atom. The lowest BCUT2D eigenvalue weighted by molar-refractivity contribution is 0.270. The molecule has 140 valence electrons. The molecule has 1 aliphatic carbocycles. The molecule has 25 heavy (non-hydrogen) atoms. The number of nitrogens with zero attached hydrogens (tertiary/aromatic N) is 4. The lowest BCUT2D eigenvalue weighted by Crippen LogP contribution is -2.51. The van der Waals surface area contributed by atoms with Gasteiger partial charge in [-0.1, -0.05) is 0 Å². The van der Waals surface area contributed by atoms with E-state index in [9.17, 15) is 4.39 Å². The van der Waals surface area contributed by atoms with Crippen molar-refractivity contribution >= 4 is 35.6 Å². The van der Waals surface area contributed by atoms with E-state index in [0.717, 1.165) is 44.3 Å². The number of likely N-dealkylation sites (N-methyl/N-ethyl adjacent to an activating group) is 1. The van der Waals surface area contributed by atoms with Crippen molar-refractivity contribution in [3.63, 3.8) is 0 Å². The smallest absolute Gasteiger partial charge is 0.191 e. The topological polar surface area (TPSA) is 48.1 Å². The number of hydrogen-bond acceptors (Lipinski definition) is 3. The highest BCUT2D eigenvalue weighted by molar-refractivity contribution is 14.0. The summed E-state index contributed by atoms with van der Waals surface area (Å²) in [6.07, 6.45) is 2.63. The number of anilines is 1. The number of guanidine groups is 1. The largest absolute Gasteiger partial charge is 0.370 e. The molecule has 1 saturated heterocycles. The third-order valence-electron chi connectivity index (χ3n) is 5.07. The number of halogens is 2. The molecule has 0 radical (unpaired) electrons. The van der Waals surface area contributed by atoms with Crippen LogP contribution in [0.4, 0.5) is 10.1 Å². The normalized spacial score (nSPS) is 19.8. The molecule has 5 nitrogen and oxygen atoms in total. The first kappa shape index (κ1) is 20.2. The zero-order chi connectivity index (χ0) is 17.1. The quantitative estimate of drug-likeness (QED) is 0.415. The molecule has 1 aromatic carbocycles. The second kappa shape index (κ2) is 9.02. The first-order valence-electron chi connectivity index (χ1n) is 8.76. The number of rotatable bonds is 5. The highest BCUT2D eigenvalue weighted by atomic mass is 127. The molecule has 0 bridgehead atoms. The maximum Gasteiger partial charge on any atom is 0.191 e. The molecule has 2 aliphatic rings. The Kier molecular flexibility index (Phi) is 7.30. The number of benzene rings is 1. The molecule has 1 aliphatic heterocycles. The number of nitrogens with two attached hydrogens (primary N) is 1. The molecule has 3 rings (SSSR count). The summed E-state index contributed by atoms with van der Waals surface area (Å²) in [5, 5.41) is 0. The van der Waals surface area contributed by atoms with Gasteiger partial charge in [0.25, 0.3) is 0 Å². The first-order chi connectivity index (χ1) is 11.5. The zero-order valence-corrected chi connectivity index (χ0v) is 17.4. The minimum atomic E-state index is -0.195. The lowest BCUT2D eigenvalue weighted by Gasteiger charge is -2.36. The van der Waals surface area contributed by atoms with Gasteiger partial charge in [0.05, 0.1) is 6.54 Å². The van der Waals surface area contributed by atoms with Crippen molar-refractivity contribution in [2.24, 2.45) is 16.6 Å². The van der Waals surface area contributed by atoms with E-state index >= 15 is 0 Å². The van der Waals surface area contributed by atoms with Crippen LogP contribution in [-0.2, 0) is 0 Å². The van der Waals surface area contributed by atoms with Crippen LogP contribution >= 0.6 is 24.0 Å². The monoisotopic (exact) mass is 461 g/mol. The molecule has 0 amide bonds. The number of aliphatic imine (C=N–C) groups is 1. The van der Waals surface area contributed by atoms with Gasteiger partial charge in [-0.2, -0.15) is 0 Å². The van der Waals surface area contributed by atoms with Gasteiger partial charge in [0, 0.05) is 37.9 Å². The minimum absolute atomic E-state index is 0. The van der Waals surface area contributed by atoms with Gasteiger partial charge < -0.3 is 20.4 Å². The van der Waals surface area contributed by atoms with E-state index in [-0.39, 0.29) is 29.8 Å². The molecule has 2 N–H and O–H groups in total. The molecular weight excluding hydrogens is 432 g/mol. The third kappa shape index (κ3) is 5.44. The Labute approximate surface area is 167 Å². The molecule has 1 heterocycles. The molecule has 1 saturated carbocycles. The highest BCUT2D eigenvalue weighted by Gasteiger charge is 2.32. The Morgan fingerprint density at radius 3 is 2.32 bits per heavy atom. The summed E-state index contributed by atoms with van der Waals surface area (Å²) in [5.41, 5.74) is 7.27. The van der Waals surface area contributed by atoms with Crippen LogP contribution in [0.15, 0.2) is 29.3 Å². The first-order valence-corrected chi connectivity index (χ1v) is 8.76. The second-order valence-electron chi connectivity index (χ2n) is 7.02. The summed E-state index contributed by atoms with van der Waals surface area (Å²) in [6.45, 7) is 4.23. The lowest BCUT2D eigenvalue weighted by atomic mass is 10.2. The van der Waals surface area contributed by atoms with Gasteiger partial charge >= 0.3 is 0 Å². The van der Waals surface area contributed by atoms with Crippen molar-refractivity contribution in [3.8, 4) is 0 Å². The Morgan fingerprint density at radius 2 is 1.80 bits per heavy atom. The summed E-state index contributed by atoms with van der Waals surface area (Å²) in [6, 6.07) is 7.19. The van der Waals surface area contributed by atoms with Crippen molar-refractivity contribution in [2.75, 3.05) is 51.7 Å². The van der Waals surface area contributed by atoms with Crippen LogP contribution in [0.2, 0.25) is 0 Å². The van der Waals surface area contributed by atoms with E-state index in [1.54, 1.807) is 0 Å². The van der Waals surface area contributed by atoms with Gasteiger partial charge in [-0.05, 0) is 57.1 Å². The Balaban J connectivity index is 0.00000225. The van der Waals surface area contributed by atoms with Gasteiger partial charge in [-0.15, -0.1) is 24.0 Å². The average Bonchev–Trinajstić information content (AvgIpc) is 3.40. The highest BCUT2D eigenvalue weighted by Crippen LogP contribution is 2.34. The fourth-order valence-electron chi connectivity index (χ4n) is 3.35. The van der Waals surface area contributed by atoms with Gasteiger partial charge in [0.2, 0.25) is 0 Å². The molecule has 0 spiro atoms. The van der Waals surface area contributed by atoms with E-state index in [0.29, 0.717) is 12.0 Å². The van der Waals surface area contributed by atoms with E-state index in [4.69, 9.17) is 5.73 Å². The molecular formula is C18H29FIN5. The molecule has 0 aromatic heterocycles. The predicted molar refractivity (Wildman–Crippen MR) is 112 cm³/mol. The average molecular weight is 461 g/mol. The van der Waals surface area contributed by atoms with Crippen LogP contribution in [0.1, 0.15) is 12.8 Å². The van der Waals surface area contributed by atoms with Crippen molar-refractivity contribution in [1.29, 1.82) is 0 Å². The van der Waals surface area contributed by atoms with Crippen LogP contribution in [0.5, 0.6) is 0 Å². The van der Waals surface area contributed by atoms with Crippen LogP contribution in [0.25, 0.3) is 0 Å². The van der Waals surface area contributed by atoms with Crippen molar-refractivity contribution in [2.45, 2.75) is 18.9 Å². The summed E-state index contributed by atoms with van der Waals surface area (Å²) < 4.78 is 13.0. The Bertz CT molecular complexity index is 563. The van der Waals surface area contributed by atoms with Crippen LogP contribution < -0.4 is 10.6 Å². The molecule has 1 atom stereocenters. The fraction of sp³-hybridized carbons (Fsp3) is 0.611. The zero-order valence-electron chi connectivity index (χ0n) is 15.1. The van der Waals surface area contributed by atoms with E-state index in [1.165, 1.54) is 25.0 Å². The molecule has 7 heteroatoms. The van der Waals surface area contributed by atoms with Gasteiger partial charge in [0.15, 0.2) is 5.96 Å². The van der Waals surface area contributed by atoms with Crippen LogP contribution in [0, 0.1) is 11.7 Å². The van der Waals surface area contributed by atoms with Crippen LogP contribution in [0.3, 0.4) is 0 Å². The summed E-state index contributed by atoms with van der Waals surface area (Å²) >= 11 is 0. The SMILES string of the molecule is CN(C)C(CN=C(N)N1CCN(c2ccc(F)cc2)CC1)C1CC1.I. The molecule has 1 aromatic rings.